The molecular weight excluding hydrogens is 186 g/mol. The molecule has 0 aliphatic carbocycles. The Hall–Kier alpha value is -1.90. The maximum absolute atomic E-state index is 4.49. The summed E-state index contributed by atoms with van der Waals surface area (Å²) in [6.45, 7) is 2.08. The molecule has 0 spiro atoms. The third kappa shape index (κ3) is 1.20. The van der Waals surface area contributed by atoms with Gasteiger partial charge in [-0.25, -0.2) is 4.98 Å². The van der Waals surface area contributed by atoms with Gasteiger partial charge >= 0.3 is 0 Å². The fourth-order valence-electron chi connectivity index (χ4n) is 1.90. The summed E-state index contributed by atoms with van der Waals surface area (Å²) in [5.74, 6) is 0. The van der Waals surface area contributed by atoms with E-state index in [-0.39, 0.29) is 6.04 Å². The van der Waals surface area contributed by atoms with Crippen LogP contribution in [0, 0.1) is 0 Å². The van der Waals surface area contributed by atoms with Crippen molar-refractivity contribution in [3.63, 3.8) is 0 Å². The fourth-order valence-corrected chi connectivity index (χ4v) is 1.90. The van der Waals surface area contributed by atoms with E-state index in [2.05, 4.69) is 33.6 Å². The van der Waals surface area contributed by atoms with Crippen molar-refractivity contribution in [3.05, 3.63) is 48.0 Å². The first-order chi connectivity index (χ1) is 7.36. The Morgan fingerprint density at radius 2 is 2.13 bits per heavy atom. The standard InChI is InChI=1S/C12H11N3/c1-9-12-7-13-8-15(12)11-5-3-2-4-10(11)6-14-9/h2-9H,1H3. The lowest BCUT2D eigenvalue weighted by Gasteiger charge is -2.08. The number of hydrogen-bond acceptors (Lipinski definition) is 2. The van der Waals surface area contributed by atoms with Crippen LogP contribution in [0.4, 0.5) is 0 Å². The average Bonchev–Trinajstić information content (AvgIpc) is 2.71. The molecule has 0 bridgehead atoms. The predicted octanol–water partition coefficient (Wildman–Crippen LogP) is 2.37. The Morgan fingerprint density at radius 3 is 3.07 bits per heavy atom. The van der Waals surface area contributed by atoms with Gasteiger partial charge in [0.25, 0.3) is 0 Å². The number of aromatic nitrogens is 2. The van der Waals surface area contributed by atoms with Crippen molar-refractivity contribution in [2.45, 2.75) is 13.0 Å². The van der Waals surface area contributed by atoms with Crippen LogP contribution in [0.5, 0.6) is 0 Å². The predicted molar refractivity (Wildman–Crippen MR) is 59.6 cm³/mol. The van der Waals surface area contributed by atoms with E-state index < -0.39 is 0 Å². The third-order valence-electron chi connectivity index (χ3n) is 2.73. The summed E-state index contributed by atoms with van der Waals surface area (Å²) in [7, 11) is 0. The molecule has 1 aromatic heterocycles. The number of hydrogen-bond donors (Lipinski definition) is 0. The molecule has 1 atom stereocenters. The second-order valence-electron chi connectivity index (χ2n) is 3.70. The van der Waals surface area contributed by atoms with Crippen LogP contribution < -0.4 is 0 Å². The highest BCUT2D eigenvalue weighted by Gasteiger charge is 2.15. The monoisotopic (exact) mass is 197 g/mol. The minimum Gasteiger partial charge on any atom is -0.300 e. The Kier molecular flexibility index (Phi) is 1.71. The summed E-state index contributed by atoms with van der Waals surface area (Å²) in [4.78, 5) is 8.68. The topological polar surface area (TPSA) is 30.2 Å². The van der Waals surface area contributed by atoms with Crippen LogP contribution in [0.1, 0.15) is 24.2 Å². The van der Waals surface area contributed by atoms with Gasteiger partial charge in [-0.1, -0.05) is 18.2 Å². The molecule has 0 radical (unpaired) electrons. The Balaban J connectivity index is 2.33. The van der Waals surface area contributed by atoms with Gasteiger partial charge in [-0.15, -0.1) is 0 Å². The molecule has 74 valence electrons. The van der Waals surface area contributed by atoms with E-state index >= 15 is 0 Å². The van der Waals surface area contributed by atoms with E-state index in [1.54, 1.807) is 0 Å². The van der Waals surface area contributed by atoms with E-state index in [1.807, 2.05) is 30.9 Å². The number of fused-ring (bicyclic) bond motifs is 3. The van der Waals surface area contributed by atoms with Crippen LogP contribution in [0.3, 0.4) is 0 Å². The van der Waals surface area contributed by atoms with Crippen molar-refractivity contribution in [1.82, 2.24) is 9.55 Å². The fraction of sp³-hybridized carbons (Fsp3) is 0.167. The minimum absolute atomic E-state index is 0.167. The van der Waals surface area contributed by atoms with Crippen LogP contribution in [0.2, 0.25) is 0 Å². The first kappa shape index (κ1) is 8.41. The molecule has 0 N–H and O–H groups in total. The SMILES string of the molecule is CC1N=Cc2ccccc2-n2cncc21. The zero-order chi connectivity index (χ0) is 10.3. The van der Waals surface area contributed by atoms with Crippen molar-refractivity contribution in [2.75, 3.05) is 0 Å². The van der Waals surface area contributed by atoms with Gasteiger partial charge < -0.3 is 4.57 Å². The summed E-state index contributed by atoms with van der Waals surface area (Å²) in [6, 6.07) is 8.38. The first-order valence-electron chi connectivity index (χ1n) is 5.01. The van der Waals surface area contributed by atoms with Crippen molar-refractivity contribution in [2.24, 2.45) is 4.99 Å². The normalized spacial score (nSPS) is 18.1. The molecule has 1 aromatic carbocycles. The highest BCUT2D eigenvalue weighted by atomic mass is 15.1. The van der Waals surface area contributed by atoms with Crippen molar-refractivity contribution < 1.29 is 0 Å². The number of benzene rings is 1. The van der Waals surface area contributed by atoms with E-state index in [0.29, 0.717) is 0 Å². The van der Waals surface area contributed by atoms with Crippen LogP contribution in [0.15, 0.2) is 41.8 Å². The molecule has 2 heterocycles. The van der Waals surface area contributed by atoms with Crippen molar-refractivity contribution >= 4 is 6.21 Å². The van der Waals surface area contributed by atoms with E-state index in [9.17, 15) is 0 Å². The molecular formula is C12H11N3. The minimum atomic E-state index is 0.167. The van der Waals surface area contributed by atoms with Crippen LogP contribution >= 0.6 is 0 Å². The van der Waals surface area contributed by atoms with Gasteiger partial charge in [0.2, 0.25) is 0 Å². The van der Waals surface area contributed by atoms with E-state index in [4.69, 9.17) is 0 Å². The summed E-state index contributed by atoms with van der Waals surface area (Å²) >= 11 is 0. The van der Waals surface area contributed by atoms with Crippen LogP contribution in [0.25, 0.3) is 5.69 Å². The van der Waals surface area contributed by atoms with Gasteiger partial charge in [0.15, 0.2) is 0 Å². The molecule has 3 heteroatoms. The number of imidazole rings is 1. The van der Waals surface area contributed by atoms with Gasteiger partial charge in [0.05, 0.1) is 29.9 Å². The largest absolute Gasteiger partial charge is 0.300 e. The van der Waals surface area contributed by atoms with Crippen molar-refractivity contribution in [3.8, 4) is 5.69 Å². The Labute approximate surface area is 88.1 Å². The molecule has 2 aromatic rings. The summed E-state index contributed by atoms with van der Waals surface area (Å²) in [5, 5.41) is 0. The molecule has 15 heavy (non-hydrogen) atoms. The maximum Gasteiger partial charge on any atom is 0.0995 e. The Bertz CT molecular complexity index is 525. The molecule has 0 fully saturated rings. The quantitative estimate of drug-likeness (QED) is 0.637. The zero-order valence-electron chi connectivity index (χ0n) is 8.46. The second kappa shape index (κ2) is 3.05. The summed E-state index contributed by atoms with van der Waals surface area (Å²) in [6.07, 6.45) is 5.66. The smallest absolute Gasteiger partial charge is 0.0995 e. The zero-order valence-corrected chi connectivity index (χ0v) is 8.46. The van der Waals surface area contributed by atoms with Crippen molar-refractivity contribution in [1.29, 1.82) is 0 Å². The Morgan fingerprint density at radius 1 is 1.27 bits per heavy atom. The molecule has 0 saturated carbocycles. The van der Waals surface area contributed by atoms with Gasteiger partial charge in [0, 0.05) is 11.8 Å². The number of aliphatic imine (C=N–C) groups is 1. The van der Waals surface area contributed by atoms with E-state index in [1.165, 1.54) is 0 Å². The van der Waals surface area contributed by atoms with Gasteiger partial charge in [-0.05, 0) is 13.0 Å². The number of nitrogens with zero attached hydrogens (tertiary/aromatic N) is 3. The number of rotatable bonds is 0. The van der Waals surface area contributed by atoms with Crippen LogP contribution in [-0.4, -0.2) is 15.8 Å². The number of para-hydroxylation sites is 1. The highest BCUT2D eigenvalue weighted by molar-refractivity contribution is 5.85. The molecule has 3 nitrogen and oxygen atoms in total. The molecule has 1 aliphatic heterocycles. The van der Waals surface area contributed by atoms with Gasteiger partial charge in [0.1, 0.15) is 0 Å². The summed E-state index contributed by atoms with van der Waals surface area (Å²) < 4.78 is 2.10. The summed E-state index contributed by atoms with van der Waals surface area (Å²) in [5.41, 5.74) is 3.43. The first-order valence-corrected chi connectivity index (χ1v) is 5.01. The lowest BCUT2D eigenvalue weighted by atomic mass is 10.2. The molecule has 3 rings (SSSR count). The average molecular weight is 197 g/mol. The second-order valence-corrected chi connectivity index (χ2v) is 3.70. The lowest BCUT2D eigenvalue weighted by Crippen LogP contribution is -2.00. The van der Waals surface area contributed by atoms with Crippen LogP contribution in [-0.2, 0) is 0 Å². The molecule has 0 amide bonds. The molecule has 1 aliphatic rings. The lowest BCUT2D eigenvalue weighted by molar-refractivity contribution is 0.765. The highest BCUT2D eigenvalue weighted by Crippen LogP contribution is 2.25. The molecule has 0 saturated heterocycles. The third-order valence-corrected chi connectivity index (χ3v) is 2.73. The van der Waals surface area contributed by atoms with Gasteiger partial charge in [-0.2, -0.15) is 0 Å². The van der Waals surface area contributed by atoms with Gasteiger partial charge in [-0.3, -0.25) is 4.99 Å². The molecule has 1 unspecified atom stereocenters. The van der Waals surface area contributed by atoms with E-state index in [0.717, 1.165) is 16.9 Å². The maximum atomic E-state index is 4.49.